The summed E-state index contributed by atoms with van der Waals surface area (Å²) in [6.45, 7) is 0. The van der Waals surface area contributed by atoms with Gasteiger partial charge in [0.05, 0.1) is 21.8 Å². The molecule has 3 N–H and O–H groups in total. The Morgan fingerprint density at radius 1 is 1.00 bits per heavy atom. The molecule has 4 rings (SSSR count). The van der Waals surface area contributed by atoms with E-state index in [4.69, 9.17) is 17.3 Å². The van der Waals surface area contributed by atoms with Gasteiger partial charge in [-0.05, 0) is 30.3 Å². The Morgan fingerprint density at radius 3 is 2.45 bits per heavy atom. The molecule has 9 heteroatoms. The topological polar surface area (TPSA) is 111 Å². The standard InChI is InChI=1S/C20H11BrClN3O4/c21-9-5-6-14(11(7-9)17(27)10-3-1-2-4-13(10)22)25-15(26)8-12-16(18(25)23)20(29)24-19(12)28/h1-8H,23H2,(H,24,28,29). The van der Waals surface area contributed by atoms with E-state index < -0.39 is 23.2 Å². The fourth-order valence-corrected chi connectivity index (χ4v) is 3.79. The average molecular weight is 473 g/mol. The van der Waals surface area contributed by atoms with Gasteiger partial charge in [0, 0.05) is 21.7 Å². The van der Waals surface area contributed by atoms with Crippen molar-refractivity contribution in [1.29, 1.82) is 0 Å². The lowest BCUT2D eigenvalue weighted by molar-refractivity contribution is 0.0879. The number of carbonyl (C=O) groups excluding carboxylic acids is 3. The number of benzene rings is 2. The summed E-state index contributed by atoms with van der Waals surface area (Å²) >= 11 is 9.49. The predicted octanol–water partition coefficient (Wildman–Crippen LogP) is 2.95. The van der Waals surface area contributed by atoms with Gasteiger partial charge in [0.1, 0.15) is 5.82 Å². The number of halogens is 2. The van der Waals surface area contributed by atoms with Crippen molar-refractivity contribution >= 4 is 50.9 Å². The molecule has 2 aromatic carbocycles. The molecule has 0 fully saturated rings. The second-order valence-corrected chi connectivity index (χ2v) is 7.57. The van der Waals surface area contributed by atoms with Gasteiger partial charge in [-0.2, -0.15) is 0 Å². The van der Waals surface area contributed by atoms with Crippen molar-refractivity contribution in [3.63, 3.8) is 0 Å². The van der Waals surface area contributed by atoms with Gasteiger partial charge in [0.15, 0.2) is 5.78 Å². The zero-order valence-corrected chi connectivity index (χ0v) is 16.9. The number of hydrogen-bond acceptors (Lipinski definition) is 5. The van der Waals surface area contributed by atoms with Crippen LogP contribution in [0.2, 0.25) is 5.02 Å². The number of ketones is 1. The number of carbonyl (C=O) groups is 3. The highest BCUT2D eigenvalue weighted by molar-refractivity contribution is 9.10. The van der Waals surface area contributed by atoms with E-state index in [0.29, 0.717) is 4.47 Å². The molecule has 0 unspecified atom stereocenters. The van der Waals surface area contributed by atoms with E-state index in [1.165, 1.54) is 12.1 Å². The lowest BCUT2D eigenvalue weighted by atomic mass is 10.0. The van der Waals surface area contributed by atoms with Gasteiger partial charge in [0.25, 0.3) is 17.4 Å². The molecular formula is C20H11BrClN3O4. The minimum atomic E-state index is -0.702. The number of pyridine rings is 1. The number of aromatic nitrogens is 1. The first kappa shape index (κ1) is 19.1. The largest absolute Gasteiger partial charge is 0.384 e. The molecule has 144 valence electrons. The Balaban J connectivity index is 2.00. The molecule has 0 radical (unpaired) electrons. The first-order valence-corrected chi connectivity index (χ1v) is 9.47. The molecule has 0 saturated heterocycles. The number of imide groups is 1. The van der Waals surface area contributed by atoms with Crippen molar-refractivity contribution in [2.45, 2.75) is 0 Å². The van der Waals surface area contributed by atoms with Gasteiger partial charge in [-0.25, -0.2) is 0 Å². The molecule has 2 amide bonds. The highest BCUT2D eigenvalue weighted by atomic mass is 79.9. The minimum absolute atomic E-state index is 0.0927. The molecule has 7 nitrogen and oxygen atoms in total. The summed E-state index contributed by atoms with van der Waals surface area (Å²) in [5.41, 5.74) is 5.80. The van der Waals surface area contributed by atoms with Crippen LogP contribution in [0.3, 0.4) is 0 Å². The van der Waals surface area contributed by atoms with E-state index in [1.807, 2.05) is 0 Å². The fourth-order valence-electron chi connectivity index (χ4n) is 3.20. The van der Waals surface area contributed by atoms with Crippen LogP contribution in [-0.2, 0) is 0 Å². The molecule has 3 aromatic rings. The molecule has 0 saturated carbocycles. The van der Waals surface area contributed by atoms with Crippen molar-refractivity contribution in [3.05, 3.63) is 90.6 Å². The van der Waals surface area contributed by atoms with Gasteiger partial charge in [0.2, 0.25) is 0 Å². The van der Waals surface area contributed by atoms with E-state index in [9.17, 15) is 19.2 Å². The molecular weight excluding hydrogens is 462 g/mol. The maximum Gasteiger partial charge on any atom is 0.262 e. The summed E-state index contributed by atoms with van der Waals surface area (Å²) in [5, 5.41) is 2.36. The second kappa shape index (κ2) is 6.98. The average Bonchev–Trinajstić information content (AvgIpc) is 2.96. The first-order valence-electron chi connectivity index (χ1n) is 8.30. The van der Waals surface area contributed by atoms with Gasteiger partial charge in [-0.1, -0.05) is 39.7 Å². The SMILES string of the molecule is Nc1c2c(cc(=O)n1-c1ccc(Br)cc1C(=O)c1ccccc1Cl)C(=O)NC2=O. The Bertz CT molecular complexity index is 1300. The molecule has 1 aliphatic rings. The third-order valence-corrected chi connectivity index (χ3v) is 5.34. The maximum absolute atomic E-state index is 13.2. The van der Waals surface area contributed by atoms with E-state index in [2.05, 4.69) is 21.2 Å². The highest BCUT2D eigenvalue weighted by Gasteiger charge is 2.32. The Kier molecular flexibility index (Phi) is 4.60. The smallest absolute Gasteiger partial charge is 0.262 e. The number of nitrogens with one attached hydrogen (secondary N) is 1. The summed E-state index contributed by atoms with van der Waals surface area (Å²) in [5.74, 6) is -2.05. The molecule has 29 heavy (non-hydrogen) atoms. The summed E-state index contributed by atoms with van der Waals surface area (Å²) in [7, 11) is 0. The predicted molar refractivity (Wildman–Crippen MR) is 111 cm³/mol. The van der Waals surface area contributed by atoms with E-state index in [0.717, 1.165) is 10.6 Å². The number of amides is 2. The quantitative estimate of drug-likeness (QED) is 0.450. The summed E-state index contributed by atoms with van der Waals surface area (Å²) in [6.07, 6.45) is 0. The monoisotopic (exact) mass is 471 g/mol. The van der Waals surface area contributed by atoms with Crippen molar-refractivity contribution in [1.82, 2.24) is 9.88 Å². The number of hydrogen-bond donors (Lipinski definition) is 2. The fraction of sp³-hybridized carbons (Fsp3) is 0. The zero-order chi connectivity index (χ0) is 20.9. The van der Waals surface area contributed by atoms with Gasteiger partial charge in [-0.15, -0.1) is 0 Å². The summed E-state index contributed by atoms with van der Waals surface area (Å²) in [4.78, 5) is 49.9. The first-order chi connectivity index (χ1) is 13.8. The number of anilines is 1. The van der Waals surface area contributed by atoms with Gasteiger partial charge >= 0.3 is 0 Å². The Labute approximate surface area is 177 Å². The molecule has 1 aromatic heterocycles. The summed E-state index contributed by atoms with van der Waals surface area (Å²) in [6, 6.07) is 12.2. The van der Waals surface area contributed by atoms with Crippen LogP contribution >= 0.6 is 27.5 Å². The third kappa shape index (κ3) is 3.06. The number of fused-ring (bicyclic) bond motifs is 1. The van der Waals surface area contributed by atoms with Crippen LogP contribution in [0, 0.1) is 0 Å². The molecule has 2 heterocycles. The van der Waals surface area contributed by atoms with Crippen LogP contribution < -0.4 is 16.6 Å². The molecule has 0 atom stereocenters. The van der Waals surface area contributed by atoms with Gasteiger partial charge < -0.3 is 5.73 Å². The molecule has 0 spiro atoms. The number of nitrogen functional groups attached to an aromatic ring is 1. The summed E-state index contributed by atoms with van der Waals surface area (Å²) < 4.78 is 1.63. The highest BCUT2D eigenvalue weighted by Crippen LogP contribution is 2.29. The lowest BCUT2D eigenvalue weighted by Crippen LogP contribution is -2.25. The maximum atomic E-state index is 13.2. The van der Waals surface area contributed by atoms with Crippen molar-refractivity contribution in [3.8, 4) is 5.69 Å². The normalized spacial score (nSPS) is 12.6. The lowest BCUT2D eigenvalue weighted by Gasteiger charge is -2.16. The Hall–Kier alpha value is -3.23. The van der Waals surface area contributed by atoms with E-state index in [-0.39, 0.29) is 38.8 Å². The van der Waals surface area contributed by atoms with Crippen LogP contribution in [0.5, 0.6) is 0 Å². The third-order valence-electron chi connectivity index (χ3n) is 4.52. The van der Waals surface area contributed by atoms with Crippen molar-refractivity contribution < 1.29 is 14.4 Å². The Morgan fingerprint density at radius 2 is 1.72 bits per heavy atom. The van der Waals surface area contributed by atoms with E-state index in [1.54, 1.807) is 30.3 Å². The van der Waals surface area contributed by atoms with Crippen LogP contribution in [0.1, 0.15) is 36.6 Å². The van der Waals surface area contributed by atoms with Gasteiger partial charge in [-0.3, -0.25) is 29.1 Å². The zero-order valence-electron chi connectivity index (χ0n) is 14.5. The second-order valence-electron chi connectivity index (χ2n) is 6.25. The van der Waals surface area contributed by atoms with Crippen molar-refractivity contribution in [2.75, 3.05) is 5.73 Å². The number of nitrogens with two attached hydrogens (primary N) is 1. The number of rotatable bonds is 3. The van der Waals surface area contributed by atoms with Crippen LogP contribution in [0.4, 0.5) is 5.82 Å². The molecule has 0 bridgehead atoms. The molecule has 1 aliphatic heterocycles. The van der Waals surface area contributed by atoms with Crippen LogP contribution in [0.15, 0.2) is 57.8 Å². The minimum Gasteiger partial charge on any atom is -0.384 e. The molecule has 0 aliphatic carbocycles. The van der Waals surface area contributed by atoms with Crippen molar-refractivity contribution in [2.24, 2.45) is 0 Å². The van der Waals surface area contributed by atoms with Crippen LogP contribution in [0.25, 0.3) is 5.69 Å². The number of nitrogens with zero attached hydrogens (tertiary/aromatic N) is 1. The van der Waals surface area contributed by atoms with E-state index >= 15 is 0 Å². The van der Waals surface area contributed by atoms with Crippen LogP contribution in [-0.4, -0.2) is 22.2 Å².